The molecule has 1 unspecified atom stereocenters. The van der Waals surface area contributed by atoms with E-state index in [-0.39, 0.29) is 11.4 Å². The first-order valence-corrected chi connectivity index (χ1v) is 5.25. The quantitative estimate of drug-likeness (QED) is 0.873. The maximum absolute atomic E-state index is 12.8. The van der Waals surface area contributed by atoms with Crippen molar-refractivity contribution in [3.05, 3.63) is 29.0 Å². The Balaban J connectivity index is 2.62. The van der Waals surface area contributed by atoms with Gasteiger partial charge in [0.1, 0.15) is 5.82 Å². The van der Waals surface area contributed by atoms with Gasteiger partial charge in [-0.05, 0) is 18.2 Å². The normalized spacial score (nSPS) is 11.9. The van der Waals surface area contributed by atoms with E-state index in [4.69, 9.17) is 16.7 Å². The Labute approximate surface area is 102 Å². The molecule has 17 heavy (non-hydrogen) atoms. The second-order valence-corrected chi connectivity index (χ2v) is 4.03. The summed E-state index contributed by atoms with van der Waals surface area (Å²) in [6, 6.07) is 3.74. The van der Waals surface area contributed by atoms with Gasteiger partial charge in [-0.25, -0.2) is 4.39 Å². The van der Waals surface area contributed by atoms with Gasteiger partial charge in [0.05, 0.1) is 10.9 Å². The molecule has 0 aliphatic heterocycles. The number of aliphatic carboxylic acids is 1. The molecule has 92 valence electrons. The van der Waals surface area contributed by atoms with Crippen molar-refractivity contribution in [2.45, 2.75) is 13.3 Å². The maximum Gasteiger partial charge on any atom is 0.306 e. The van der Waals surface area contributed by atoms with Gasteiger partial charge in [0.2, 0.25) is 5.91 Å². The van der Waals surface area contributed by atoms with E-state index in [2.05, 4.69) is 5.32 Å². The minimum atomic E-state index is -1.04. The van der Waals surface area contributed by atoms with Crippen LogP contribution in [0.3, 0.4) is 0 Å². The summed E-state index contributed by atoms with van der Waals surface area (Å²) < 4.78 is 12.8. The van der Waals surface area contributed by atoms with Crippen molar-refractivity contribution in [3.8, 4) is 0 Å². The molecule has 0 fully saturated rings. The van der Waals surface area contributed by atoms with Crippen molar-refractivity contribution in [2.24, 2.45) is 5.92 Å². The lowest BCUT2D eigenvalue weighted by Crippen LogP contribution is -2.19. The molecule has 0 aliphatic carbocycles. The van der Waals surface area contributed by atoms with Crippen LogP contribution in [0.4, 0.5) is 10.1 Å². The highest BCUT2D eigenvalue weighted by Gasteiger charge is 2.15. The van der Waals surface area contributed by atoms with E-state index in [0.29, 0.717) is 5.69 Å². The lowest BCUT2D eigenvalue weighted by molar-refractivity contribution is -0.142. The van der Waals surface area contributed by atoms with Crippen molar-refractivity contribution in [1.82, 2.24) is 0 Å². The van der Waals surface area contributed by atoms with Gasteiger partial charge in [-0.2, -0.15) is 0 Å². The first kappa shape index (κ1) is 13.4. The third-order valence-electron chi connectivity index (χ3n) is 2.12. The summed E-state index contributed by atoms with van der Waals surface area (Å²) in [4.78, 5) is 21.9. The molecule has 1 rings (SSSR count). The first-order valence-electron chi connectivity index (χ1n) is 4.88. The molecule has 0 bridgehead atoms. The van der Waals surface area contributed by atoms with Crippen LogP contribution < -0.4 is 5.32 Å². The fourth-order valence-electron chi connectivity index (χ4n) is 1.15. The van der Waals surface area contributed by atoms with Gasteiger partial charge in [-0.3, -0.25) is 9.59 Å². The van der Waals surface area contributed by atoms with Gasteiger partial charge in [0.15, 0.2) is 0 Å². The number of carbonyl (C=O) groups excluding carboxylic acids is 1. The first-order chi connectivity index (χ1) is 7.90. The van der Waals surface area contributed by atoms with Crippen molar-refractivity contribution >= 4 is 29.2 Å². The Bertz CT molecular complexity index is 450. The van der Waals surface area contributed by atoms with Crippen LogP contribution in [-0.4, -0.2) is 17.0 Å². The minimum Gasteiger partial charge on any atom is -0.481 e. The number of carboxylic acid groups (broad SMARTS) is 1. The minimum absolute atomic E-state index is 0.103. The molecule has 1 aromatic rings. The second-order valence-electron chi connectivity index (χ2n) is 3.62. The number of amides is 1. The van der Waals surface area contributed by atoms with Crippen molar-refractivity contribution in [3.63, 3.8) is 0 Å². The smallest absolute Gasteiger partial charge is 0.306 e. The fraction of sp³-hybridized carbons (Fsp3) is 0.273. The average molecular weight is 260 g/mol. The zero-order valence-electron chi connectivity index (χ0n) is 9.04. The molecule has 2 N–H and O–H groups in total. The number of halogens is 2. The van der Waals surface area contributed by atoms with Crippen LogP contribution >= 0.6 is 11.6 Å². The number of carbonyl (C=O) groups is 2. The predicted molar refractivity (Wildman–Crippen MR) is 61.5 cm³/mol. The van der Waals surface area contributed by atoms with Crippen molar-refractivity contribution in [1.29, 1.82) is 0 Å². The number of carboxylic acids is 1. The lowest BCUT2D eigenvalue weighted by Gasteiger charge is -2.08. The molecule has 0 saturated heterocycles. The highest BCUT2D eigenvalue weighted by molar-refractivity contribution is 6.31. The maximum atomic E-state index is 12.8. The zero-order valence-corrected chi connectivity index (χ0v) is 9.79. The largest absolute Gasteiger partial charge is 0.481 e. The van der Waals surface area contributed by atoms with E-state index >= 15 is 0 Å². The number of nitrogens with one attached hydrogen (secondary N) is 1. The molecule has 0 heterocycles. The Kier molecular flexibility index (Phi) is 4.45. The van der Waals surface area contributed by atoms with Gasteiger partial charge in [0.25, 0.3) is 0 Å². The van der Waals surface area contributed by atoms with E-state index < -0.39 is 23.6 Å². The molecule has 6 heteroatoms. The molecule has 4 nitrogen and oxygen atoms in total. The van der Waals surface area contributed by atoms with Gasteiger partial charge >= 0.3 is 5.97 Å². The molecule has 0 aromatic heterocycles. The molecule has 1 aromatic carbocycles. The average Bonchev–Trinajstić information content (AvgIpc) is 2.23. The summed E-state index contributed by atoms with van der Waals surface area (Å²) in [7, 11) is 0. The third-order valence-corrected chi connectivity index (χ3v) is 2.41. The number of hydrogen-bond acceptors (Lipinski definition) is 2. The Hall–Kier alpha value is -1.62. The summed E-state index contributed by atoms with van der Waals surface area (Å²) in [5, 5.41) is 11.0. The number of anilines is 1. The van der Waals surface area contributed by atoms with Crippen LogP contribution in [-0.2, 0) is 9.59 Å². The van der Waals surface area contributed by atoms with Gasteiger partial charge in [0, 0.05) is 12.1 Å². The van der Waals surface area contributed by atoms with E-state index in [9.17, 15) is 14.0 Å². The number of benzene rings is 1. The highest BCUT2D eigenvalue weighted by Crippen LogP contribution is 2.19. The summed E-state index contributed by atoms with van der Waals surface area (Å²) in [5.41, 5.74) is 0.332. The van der Waals surface area contributed by atoms with E-state index in [1.807, 2.05) is 0 Å². The van der Waals surface area contributed by atoms with Gasteiger partial charge in [-0.15, -0.1) is 0 Å². The van der Waals surface area contributed by atoms with Crippen LogP contribution in [0.2, 0.25) is 5.02 Å². The van der Waals surface area contributed by atoms with Crippen LogP contribution in [0.5, 0.6) is 0 Å². The second kappa shape index (κ2) is 5.63. The topological polar surface area (TPSA) is 66.4 Å². The lowest BCUT2D eigenvalue weighted by atomic mass is 10.1. The van der Waals surface area contributed by atoms with Crippen LogP contribution in [0.25, 0.3) is 0 Å². The fourth-order valence-corrected chi connectivity index (χ4v) is 1.33. The monoisotopic (exact) mass is 259 g/mol. The highest BCUT2D eigenvalue weighted by atomic mass is 35.5. The summed E-state index contributed by atoms with van der Waals surface area (Å²) in [6.45, 7) is 1.43. The van der Waals surface area contributed by atoms with Crippen LogP contribution in [0, 0.1) is 11.7 Å². The molecule has 0 spiro atoms. The predicted octanol–water partition coefficient (Wildman–Crippen LogP) is 2.53. The Morgan fingerprint density at radius 2 is 2.18 bits per heavy atom. The van der Waals surface area contributed by atoms with Crippen LogP contribution in [0.15, 0.2) is 18.2 Å². The molecule has 0 saturated carbocycles. The standard InChI is InChI=1S/C11H11ClFNO3/c1-6(11(16)17)4-10(15)14-7-2-3-9(13)8(12)5-7/h2-3,5-6H,4H2,1H3,(H,14,15)(H,16,17). The van der Waals surface area contributed by atoms with Crippen LogP contribution in [0.1, 0.15) is 13.3 Å². The molecular formula is C11H11ClFNO3. The van der Waals surface area contributed by atoms with Gasteiger partial charge in [-0.1, -0.05) is 18.5 Å². The summed E-state index contributed by atoms with van der Waals surface area (Å²) >= 11 is 5.53. The zero-order chi connectivity index (χ0) is 13.0. The third kappa shape index (κ3) is 4.03. The molecule has 1 atom stereocenters. The SMILES string of the molecule is CC(CC(=O)Nc1ccc(F)c(Cl)c1)C(=O)O. The van der Waals surface area contributed by atoms with E-state index in [0.717, 1.165) is 6.07 Å². The number of rotatable bonds is 4. The molecular weight excluding hydrogens is 249 g/mol. The van der Waals surface area contributed by atoms with Crippen molar-refractivity contribution < 1.29 is 19.1 Å². The van der Waals surface area contributed by atoms with Crippen molar-refractivity contribution in [2.75, 3.05) is 5.32 Å². The molecule has 1 amide bonds. The number of hydrogen-bond donors (Lipinski definition) is 2. The van der Waals surface area contributed by atoms with E-state index in [1.54, 1.807) is 0 Å². The Morgan fingerprint density at radius 3 is 2.71 bits per heavy atom. The molecule has 0 aliphatic rings. The Morgan fingerprint density at radius 1 is 1.53 bits per heavy atom. The van der Waals surface area contributed by atoms with Gasteiger partial charge < -0.3 is 10.4 Å². The summed E-state index contributed by atoms with van der Waals surface area (Å²) in [6.07, 6.45) is -0.148. The molecule has 0 radical (unpaired) electrons. The summed E-state index contributed by atoms with van der Waals surface area (Å²) in [5.74, 6) is -2.85. The van der Waals surface area contributed by atoms with E-state index in [1.165, 1.54) is 19.1 Å².